The minimum absolute atomic E-state index is 0.790. The highest BCUT2D eigenvalue weighted by atomic mass is 32.2. The van der Waals surface area contributed by atoms with E-state index in [2.05, 4.69) is 22.4 Å². The molecule has 0 radical (unpaired) electrons. The van der Waals surface area contributed by atoms with Crippen LogP contribution in [0.3, 0.4) is 0 Å². The van der Waals surface area contributed by atoms with Crippen LogP contribution >= 0.6 is 23.1 Å². The van der Waals surface area contributed by atoms with Crippen LogP contribution in [0, 0.1) is 0 Å². The fourth-order valence-electron chi connectivity index (χ4n) is 1.37. The highest BCUT2D eigenvalue weighted by molar-refractivity contribution is 8.01. The van der Waals surface area contributed by atoms with Crippen molar-refractivity contribution in [1.82, 2.24) is 10.2 Å². The molecule has 2 aromatic rings. The van der Waals surface area contributed by atoms with Gasteiger partial charge in [-0.15, -0.1) is 10.2 Å². The quantitative estimate of drug-likeness (QED) is 0.816. The van der Waals surface area contributed by atoms with Crippen LogP contribution < -0.4 is 10.1 Å². The number of ether oxygens (including phenoxy) is 1. The van der Waals surface area contributed by atoms with Crippen molar-refractivity contribution < 1.29 is 4.74 Å². The summed E-state index contributed by atoms with van der Waals surface area (Å²) in [6.07, 6.45) is 1.14. The molecule has 2 rings (SSSR count). The number of anilines is 2. The third-order valence-corrected chi connectivity index (χ3v) is 4.36. The van der Waals surface area contributed by atoms with Gasteiger partial charge in [-0.1, -0.05) is 42.2 Å². The first-order valence-corrected chi connectivity index (χ1v) is 7.50. The molecular weight excluding hydrogens is 266 g/mol. The largest absolute Gasteiger partial charge is 0.495 e. The second kappa shape index (κ2) is 6.61. The number of hydrogen-bond donors (Lipinski definition) is 1. The summed E-state index contributed by atoms with van der Waals surface area (Å²) in [6, 6.07) is 7.76. The third kappa shape index (κ3) is 3.36. The number of para-hydroxylation sites is 2. The molecule has 0 bridgehead atoms. The van der Waals surface area contributed by atoms with Crippen LogP contribution in [0.5, 0.6) is 5.75 Å². The van der Waals surface area contributed by atoms with E-state index in [4.69, 9.17) is 4.74 Å². The Balaban J connectivity index is 2.06. The Morgan fingerprint density at radius 3 is 2.94 bits per heavy atom. The Morgan fingerprint density at radius 1 is 1.33 bits per heavy atom. The summed E-state index contributed by atoms with van der Waals surface area (Å²) in [6.45, 7) is 2.15. The minimum Gasteiger partial charge on any atom is -0.495 e. The third-order valence-electron chi connectivity index (χ3n) is 2.18. The first-order valence-electron chi connectivity index (χ1n) is 5.70. The molecule has 1 aromatic heterocycles. The first kappa shape index (κ1) is 13.2. The lowest BCUT2D eigenvalue weighted by atomic mass is 10.3. The molecule has 0 aliphatic carbocycles. The van der Waals surface area contributed by atoms with Crippen molar-refractivity contribution in [3.63, 3.8) is 0 Å². The normalized spacial score (nSPS) is 10.3. The van der Waals surface area contributed by atoms with Crippen LogP contribution in [0.25, 0.3) is 0 Å². The number of benzene rings is 1. The zero-order chi connectivity index (χ0) is 12.8. The molecule has 0 aliphatic heterocycles. The Kier molecular flexibility index (Phi) is 4.83. The highest BCUT2D eigenvalue weighted by Gasteiger charge is 2.07. The molecule has 6 heteroatoms. The molecule has 0 saturated carbocycles. The van der Waals surface area contributed by atoms with E-state index >= 15 is 0 Å². The van der Waals surface area contributed by atoms with Crippen LogP contribution in [-0.4, -0.2) is 23.1 Å². The van der Waals surface area contributed by atoms with Gasteiger partial charge < -0.3 is 10.1 Å². The molecule has 96 valence electrons. The second-order valence-electron chi connectivity index (χ2n) is 3.55. The number of rotatable bonds is 6. The number of hydrogen-bond acceptors (Lipinski definition) is 6. The SMILES string of the molecule is CCCSc1nnc(Nc2ccccc2OC)s1. The maximum absolute atomic E-state index is 5.28. The zero-order valence-electron chi connectivity index (χ0n) is 10.3. The first-order chi connectivity index (χ1) is 8.83. The Morgan fingerprint density at radius 2 is 2.17 bits per heavy atom. The Labute approximate surface area is 115 Å². The lowest BCUT2D eigenvalue weighted by Gasteiger charge is -2.07. The van der Waals surface area contributed by atoms with E-state index in [1.54, 1.807) is 30.2 Å². The topological polar surface area (TPSA) is 47.0 Å². The van der Waals surface area contributed by atoms with Crippen molar-refractivity contribution >= 4 is 33.9 Å². The number of methoxy groups -OCH3 is 1. The molecule has 18 heavy (non-hydrogen) atoms. The van der Waals surface area contributed by atoms with Gasteiger partial charge in [0.05, 0.1) is 12.8 Å². The van der Waals surface area contributed by atoms with Crippen molar-refractivity contribution in [1.29, 1.82) is 0 Å². The monoisotopic (exact) mass is 281 g/mol. The number of aromatic nitrogens is 2. The molecule has 0 aliphatic rings. The Hall–Kier alpha value is -1.27. The van der Waals surface area contributed by atoms with Crippen LogP contribution in [-0.2, 0) is 0 Å². The van der Waals surface area contributed by atoms with Crippen molar-refractivity contribution in [2.45, 2.75) is 17.7 Å². The summed E-state index contributed by atoms with van der Waals surface area (Å²) in [5.74, 6) is 1.87. The van der Waals surface area contributed by atoms with E-state index in [1.807, 2.05) is 24.3 Å². The van der Waals surface area contributed by atoms with Gasteiger partial charge in [-0.25, -0.2) is 0 Å². The molecule has 0 spiro atoms. The van der Waals surface area contributed by atoms with Crippen LogP contribution in [0.15, 0.2) is 28.6 Å². The molecule has 0 fully saturated rings. The van der Waals surface area contributed by atoms with E-state index in [9.17, 15) is 0 Å². The molecule has 0 amide bonds. The van der Waals surface area contributed by atoms with E-state index in [0.717, 1.165) is 33.1 Å². The molecule has 1 aromatic carbocycles. The summed E-state index contributed by atoms with van der Waals surface area (Å²) < 4.78 is 6.27. The summed E-state index contributed by atoms with van der Waals surface area (Å²) in [5, 5.41) is 12.3. The van der Waals surface area contributed by atoms with Crippen LogP contribution in [0.2, 0.25) is 0 Å². The van der Waals surface area contributed by atoms with Gasteiger partial charge in [0.25, 0.3) is 0 Å². The molecule has 0 unspecified atom stereocenters. The van der Waals surface area contributed by atoms with Crippen molar-refractivity contribution in [3.05, 3.63) is 24.3 Å². The van der Waals surface area contributed by atoms with Crippen molar-refractivity contribution in [2.24, 2.45) is 0 Å². The van der Waals surface area contributed by atoms with Gasteiger partial charge in [0.2, 0.25) is 5.13 Å². The molecule has 1 heterocycles. The lowest BCUT2D eigenvalue weighted by Crippen LogP contribution is -1.93. The van der Waals surface area contributed by atoms with E-state index < -0.39 is 0 Å². The van der Waals surface area contributed by atoms with Crippen molar-refractivity contribution in [3.8, 4) is 5.75 Å². The summed E-state index contributed by atoms with van der Waals surface area (Å²) >= 11 is 3.30. The molecular formula is C12H15N3OS2. The number of nitrogens with zero attached hydrogens (tertiary/aromatic N) is 2. The smallest absolute Gasteiger partial charge is 0.210 e. The maximum Gasteiger partial charge on any atom is 0.210 e. The van der Waals surface area contributed by atoms with Gasteiger partial charge in [-0.05, 0) is 18.6 Å². The van der Waals surface area contributed by atoms with E-state index in [-0.39, 0.29) is 0 Å². The maximum atomic E-state index is 5.28. The van der Waals surface area contributed by atoms with Gasteiger partial charge in [0.15, 0.2) is 4.34 Å². The molecule has 1 N–H and O–H groups in total. The van der Waals surface area contributed by atoms with Gasteiger partial charge in [0, 0.05) is 5.75 Å². The number of thioether (sulfide) groups is 1. The van der Waals surface area contributed by atoms with E-state index in [1.165, 1.54) is 0 Å². The highest BCUT2D eigenvalue weighted by Crippen LogP contribution is 2.31. The van der Waals surface area contributed by atoms with Gasteiger partial charge >= 0.3 is 0 Å². The average molecular weight is 281 g/mol. The van der Waals surface area contributed by atoms with Crippen molar-refractivity contribution in [2.75, 3.05) is 18.2 Å². The lowest BCUT2D eigenvalue weighted by molar-refractivity contribution is 0.417. The Bertz CT molecular complexity index is 502. The minimum atomic E-state index is 0.790. The summed E-state index contributed by atoms with van der Waals surface area (Å²) in [4.78, 5) is 0. The summed E-state index contributed by atoms with van der Waals surface area (Å²) in [5.41, 5.74) is 0.906. The molecule has 0 saturated heterocycles. The fraction of sp³-hybridized carbons (Fsp3) is 0.333. The standard InChI is InChI=1S/C12H15N3OS2/c1-3-8-17-12-15-14-11(18-12)13-9-6-4-5-7-10(9)16-2/h4-7H,3,8H2,1-2H3,(H,13,14). The summed E-state index contributed by atoms with van der Waals surface area (Å²) in [7, 11) is 1.66. The van der Waals surface area contributed by atoms with Crippen LogP contribution in [0.4, 0.5) is 10.8 Å². The van der Waals surface area contributed by atoms with Gasteiger partial charge in [-0.3, -0.25) is 0 Å². The fourth-order valence-corrected chi connectivity index (χ4v) is 3.06. The second-order valence-corrected chi connectivity index (χ2v) is 5.87. The van der Waals surface area contributed by atoms with E-state index in [0.29, 0.717) is 0 Å². The predicted molar refractivity (Wildman–Crippen MR) is 77.2 cm³/mol. The van der Waals surface area contributed by atoms with Gasteiger partial charge in [-0.2, -0.15) is 0 Å². The molecule has 0 atom stereocenters. The molecule has 4 nitrogen and oxygen atoms in total. The number of nitrogens with one attached hydrogen (secondary N) is 1. The average Bonchev–Trinajstić information content (AvgIpc) is 2.84. The predicted octanol–water partition coefficient (Wildman–Crippen LogP) is 3.79. The van der Waals surface area contributed by atoms with Gasteiger partial charge in [0.1, 0.15) is 5.75 Å². The zero-order valence-corrected chi connectivity index (χ0v) is 12.0. The van der Waals surface area contributed by atoms with Crippen LogP contribution in [0.1, 0.15) is 13.3 Å².